The van der Waals surface area contributed by atoms with Gasteiger partial charge in [0.05, 0.1) is 39.6 Å². The lowest BCUT2D eigenvalue weighted by molar-refractivity contribution is 0.0157. The van der Waals surface area contributed by atoms with E-state index in [1.54, 1.807) is 7.11 Å². The van der Waals surface area contributed by atoms with Gasteiger partial charge in [0, 0.05) is 7.11 Å². The highest BCUT2D eigenvalue weighted by molar-refractivity contribution is 6.24. The molecule has 14 heavy (non-hydrogen) atoms. The van der Waals surface area contributed by atoms with Crippen molar-refractivity contribution in [2.75, 3.05) is 46.8 Å². The molecule has 0 aliphatic rings. The maximum Gasteiger partial charge on any atom is 0.764 e. The highest BCUT2D eigenvalue weighted by Crippen LogP contribution is 1.80. The van der Waals surface area contributed by atoms with E-state index in [0.29, 0.717) is 33.0 Å². The molecule has 6 nitrogen and oxygen atoms in total. The SMILES string of the molecule is COCCOCCOCCO[Si](=O)O. The third-order valence-electron chi connectivity index (χ3n) is 1.26. The van der Waals surface area contributed by atoms with Gasteiger partial charge in [-0.05, 0) is 0 Å². The molecule has 0 radical (unpaired) electrons. The van der Waals surface area contributed by atoms with Crippen LogP contribution in [-0.2, 0) is 23.1 Å². The molecular formula is C7H16O6Si. The van der Waals surface area contributed by atoms with Crippen molar-refractivity contribution in [2.45, 2.75) is 0 Å². The van der Waals surface area contributed by atoms with E-state index in [4.69, 9.17) is 19.0 Å². The quantitative estimate of drug-likeness (QED) is 0.382. The van der Waals surface area contributed by atoms with Gasteiger partial charge in [0.1, 0.15) is 0 Å². The van der Waals surface area contributed by atoms with E-state index in [1.807, 2.05) is 0 Å². The Morgan fingerprint density at radius 2 is 1.50 bits per heavy atom. The van der Waals surface area contributed by atoms with Crippen molar-refractivity contribution in [1.29, 1.82) is 0 Å². The molecule has 0 unspecified atom stereocenters. The molecule has 0 amide bonds. The topological polar surface area (TPSA) is 74.2 Å². The lowest BCUT2D eigenvalue weighted by Crippen LogP contribution is -2.14. The molecule has 0 atom stereocenters. The second-order valence-electron chi connectivity index (χ2n) is 2.33. The maximum atomic E-state index is 10.1. The molecule has 84 valence electrons. The Balaban J connectivity index is 2.88. The van der Waals surface area contributed by atoms with Crippen molar-refractivity contribution in [1.82, 2.24) is 0 Å². The first kappa shape index (κ1) is 13.5. The van der Waals surface area contributed by atoms with Gasteiger partial charge in [0.2, 0.25) is 0 Å². The zero-order chi connectivity index (χ0) is 10.6. The Labute approximate surface area is 84.6 Å². The Morgan fingerprint density at radius 3 is 2.00 bits per heavy atom. The summed E-state index contributed by atoms with van der Waals surface area (Å²) in [7, 11) is -1.21. The first-order valence-corrected chi connectivity index (χ1v) is 5.54. The van der Waals surface area contributed by atoms with Crippen molar-refractivity contribution >= 4 is 9.17 Å². The summed E-state index contributed by atoms with van der Waals surface area (Å²) in [5, 5.41) is 0. The van der Waals surface area contributed by atoms with E-state index >= 15 is 0 Å². The number of methoxy groups -OCH3 is 1. The maximum absolute atomic E-state index is 10.1. The molecule has 0 bridgehead atoms. The highest BCUT2D eigenvalue weighted by Gasteiger charge is 2.01. The monoisotopic (exact) mass is 224 g/mol. The van der Waals surface area contributed by atoms with Crippen LogP contribution < -0.4 is 0 Å². The minimum absolute atomic E-state index is 0.131. The first-order chi connectivity index (χ1) is 6.77. The van der Waals surface area contributed by atoms with Crippen LogP contribution in [0.2, 0.25) is 0 Å². The largest absolute Gasteiger partial charge is 0.764 e. The summed E-state index contributed by atoms with van der Waals surface area (Å²) in [4.78, 5) is 8.28. The Morgan fingerprint density at radius 1 is 1.00 bits per heavy atom. The summed E-state index contributed by atoms with van der Waals surface area (Å²) in [6, 6.07) is 0. The third kappa shape index (κ3) is 11.5. The lowest BCUT2D eigenvalue weighted by atomic mass is 10.7. The minimum atomic E-state index is -2.82. The molecular weight excluding hydrogens is 208 g/mol. The molecule has 0 aromatic rings. The average Bonchev–Trinajstić information content (AvgIpc) is 2.15. The van der Waals surface area contributed by atoms with Gasteiger partial charge in [-0.2, -0.15) is 0 Å². The van der Waals surface area contributed by atoms with Gasteiger partial charge >= 0.3 is 9.17 Å². The molecule has 0 spiro atoms. The second-order valence-corrected chi connectivity index (χ2v) is 3.15. The van der Waals surface area contributed by atoms with Crippen LogP contribution in [0.3, 0.4) is 0 Å². The Kier molecular flexibility index (Phi) is 10.2. The molecule has 0 aliphatic carbocycles. The highest BCUT2D eigenvalue weighted by atomic mass is 28.3. The predicted octanol–water partition coefficient (Wildman–Crippen LogP) is -0.910. The molecule has 0 heterocycles. The Hall–Kier alpha value is -0.503. The van der Waals surface area contributed by atoms with Gasteiger partial charge in [0.25, 0.3) is 0 Å². The molecule has 0 fully saturated rings. The van der Waals surface area contributed by atoms with E-state index in [2.05, 4.69) is 4.43 Å². The van der Waals surface area contributed by atoms with Crippen molar-refractivity contribution in [3.8, 4) is 0 Å². The zero-order valence-electron chi connectivity index (χ0n) is 8.23. The molecule has 7 heteroatoms. The number of hydrogen-bond donors (Lipinski definition) is 1. The standard InChI is InChI=1S/C7H16O6Si/c1-10-2-3-11-4-5-12-6-7-13-14(8)9/h8H,2-7H2,1H3. The number of rotatable bonds is 10. The van der Waals surface area contributed by atoms with Crippen LogP contribution in [0.25, 0.3) is 0 Å². The van der Waals surface area contributed by atoms with E-state index < -0.39 is 9.17 Å². The molecule has 0 aromatic carbocycles. The van der Waals surface area contributed by atoms with Crippen LogP contribution in [0.4, 0.5) is 0 Å². The van der Waals surface area contributed by atoms with Gasteiger partial charge in [-0.3, -0.25) is 4.46 Å². The molecule has 0 aliphatic heterocycles. The van der Waals surface area contributed by atoms with Crippen LogP contribution in [0.1, 0.15) is 0 Å². The summed E-state index contributed by atoms with van der Waals surface area (Å²) in [5.74, 6) is 0. The molecule has 0 aromatic heterocycles. The minimum Gasteiger partial charge on any atom is -0.511 e. The van der Waals surface area contributed by atoms with Gasteiger partial charge in [-0.25, -0.2) is 0 Å². The molecule has 0 saturated heterocycles. The first-order valence-electron chi connectivity index (χ1n) is 4.27. The van der Waals surface area contributed by atoms with Crippen LogP contribution >= 0.6 is 0 Å². The summed E-state index contributed by atoms with van der Waals surface area (Å²) in [6.45, 7) is 2.46. The van der Waals surface area contributed by atoms with Gasteiger partial charge in [-0.1, -0.05) is 0 Å². The van der Waals surface area contributed by atoms with Crippen LogP contribution in [0.5, 0.6) is 0 Å². The van der Waals surface area contributed by atoms with Crippen molar-refractivity contribution in [3.63, 3.8) is 0 Å². The van der Waals surface area contributed by atoms with E-state index in [9.17, 15) is 4.46 Å². The average molecular weight is 224 g/mol. The Bertz CT molecular complexity index is 142. The van der Waals surface area contributed by atoms with Crippen LogP contribution in [0.15, 0.2) is 0 Å². The van der Waals surface area contributed by atoms with Gasteiger partial charge in [0.15, 0.2) is 0 Å². The van der Waals surface area contributed by atoms with Crippen LogP contribution in [-0.4, -0.2) is 60.7 Å². The molecule has 1 N–H and O–H groups in total. The summed E-state index contributed by atoms with van der Waals surface area (Å²) in [6.07, 6.45) is 0. The van der Waals surface area contributed by atoms with E-state index in [1.165, 1.54) is 0 Å². The summed E-state index contributed by atoms with van der Waals surface area (Å²) >= 11 is 0. The predicted molar refractivity (Wildman–Crippen MR) is 48.1 cm³/mol. The fourth-order valence-corrected chi connectivity index (χ4v) is 0.910. The number of ether oxygens (including phenoxy) is 3. The van der Waals surface area contributed by atoms with Gasteiger partial charge < -0.3 is 23.4 Å². The van der Waals surface area contributed by atoms with Crippen molar-refractivity contribution in [3.05, 3.63) is 0 Å². The second kappa shape index (κ2) is 10.6. The molecule has 0 saturated carbocycles. The fourth-order valence-electron chi connectivity index (χ4n) is 0.652. The van der Waals surface area contributed by atoms with E-state index in [0.717, 1.165) is 0 Å². The fraction of sp³-hybridized carbons (Fsp3) is 1.00. The smallest absolute Gasteiger partial charge is 0.511 e. The number of hydrogen-bond acceptors (Lipinski definition) is 5. The molecule has 0 rings (SSSR count). The third-order valence-corrected chi connectivity index (χ3v) is 1.71. The van der Waals surface area contributed by atoms with E-state index in [-0.39, 0.29) is 6.61 Å². The van der Waals surface area contributed by atoms with Crippen molar-refractivity contribution < 1.29 is 27.9 Å². The lowest BCUT2D eigenvalue weighted by Gasteiger charge is -2.04. The summed E-state index contributed by atoms with van der Waals surface area (Å²) < 4.78 is 29.4. The normalized spacial score (nSPS) is 10.1. The zero-order valence-corrected chi connectivity index (χ0v) is 9.23. The summed E-state index contributed by atoms with van der Waals surface area (Å²) in [5.41, 5.74) is 0. The van der Waals surface area contributed by atoms with Crippen LogP contribution in [0, 0.1) is 0 Å². The van der Waals surface area contributed by atoms with Gasteiger partial charge in [-0.15, -0.1) is 0 Å². The van der Waals surface area contributed by atoms with Crippen molar-refractivity contribution in [2.24, 2.45) is 0 Å².